The summed E-state index contributed by atoms with van der Waals surface area (Å²) in [5, 5.41) is 22.8. The standard InChI is InChI=1S/C23H24ClN3O5/c1-3-25(4-2)12-13-26-20(16-6-5-7-18(14-16)27(31)32)19(22(29)23(26)30)21(28)15-8-10-17(24)11-9-15/h5-11,14,20,28H,3-4,12-13H2,1-2H3/b21-19+. The lowest BCUT2D eigenvalue weighted by atomic mass is 9.95. The van der Waals surface area contributed by atoms with E-state index in [0.29, 0.717) is 22.7 Å². The summed E-state index contributed by atoms with van der Waals surface area (Å²) in [5.74, 6) is -1.92. The maximum absolute atomic E-state index is 13.0. The zero-order valence-corrected chi connectivity index (χ0v) is 18.6. The first kappa shape index (κ1) is 23.4. The van der Waals surface area contributed by atoms with Crippen LogP contribution in [0.4, 0.5) is 5.69 Å². The van der Waals surface area contributed by atoms with Crippen LogP contribution in [0.1, 0.15) is 31.0 Å². The maximum atomic E-state index is 13.0. The van der Waals surface area contributed by atoms with Crippen molar-refractivity contribution in [3.8, 4) is 0 Å². The van der Waals surface area contributed by atoms with E-state index in [1.165, 1.54) is 23.1 Å². The molecule has 0 spiro atoms. The molecule has 168 valence electrons. The van der Waals surface area contributed by atoms with Crippen LogP contribution in [0.2, 0.25) is 5.02 Å². The summed E-state index contributed by atoms with van der Waals surface area (Å²) >= 11 is 5.93. The third-order valence-corrected chi connectivity index (χ3v) is 5.86. The van der Waals surface area contributed by atoms with E-state index < -0.39 is 22.7 Å². The number of non-ortho nitro benzene ring substituents is 1. The largest absolute Gasteiger partial charge is 0.507 e. The number of aliphatic hydroxyl groups is 1. The molecule has 2 aromatic carbocycles. The fraction of sp³-hybridized carbons (Fsp3) is 0.304. The predicted octanol–water partition coefficient (Wildman–Crippen LogP) is 4.01. The summed E-state index contributed by atoms with van der Waals surface area (Å²) in [6.07, 6.45) is 0. The highest BCUT2D eigenvalue weighted by Crippen LogP contribution is 2.40. The molecule has 1 N–H and O–H groups in total. The average molecular weight is 458 g/mol. The fourth-order valence-electron chi connectivity index (χ4n) is 3.82. The zero-order chi connectivity index (χ0) is 23.4. The van der Waals surface area contributed by atoms with Crippen LogP contribution in [0, 0.1) is 10.1 Å². The highest BCUT2D eigenvalue weighted by molar-refractivity contribution is 6.46. The number of amides is 1. The van der Waals surface area contributed by atoms with Crippen molar-refractivity contribution in [2.75, 3.05) is 26.2 Å². The van der Waals surface area contributed by atoms with E-state index in [4.69, 9.17) is 11.6 Å². The van der Waals surface area contributed by atoms with E-state index in [1.807, 2.05) is 13.8 Å². The summed E-state index contributed by atoms with van der Waals surface area (Å²) in [6.45, 7) is 6.29. The van der Waals surface area contributed by atoms with Gasteiger partial charge < -0.3 is 14.9 Å². The van der Waals surface area contributed by atoms with E-state index >= 15 is 0 Å². The Bertz CT molecular complexity index is 1060. The number of rotatable bonds is 8. The van der Waals surface area contributed by atoms with Crippen LogP contribution in [0.5, 0.6) is 0 Å². The van der Waals surface area contributed by atoms with Crippen molar-refractivity contribution >= 4 is 34.7 Å². The monoisotopic (exact) mass is 457 g/mol. The van der Waals surface area contributed by atoms with Crippen LogP contribution in [0.15, 0.2) is 54.1 Å². The number of nitro groups is 1. The molecule has 0 bridgehead atoms. The number of hydrogen-bond acceptors (Lipinski definition) is 6. The topological polar surface area (TPSA) is 104 Å². The van der Waals surface area contributed by atoms with Gasteiger partial charge in [-0.25, -0.2) is 0 Å². The lowest BCUT2D eigenvalue weighted by Crippen LogP contribution is -2.38. The Hall–Kier alpha value is -3.23. The minimum Gasteiger partial charge on any atom is -0.507 e. The van der Waals surface area contributed by atoms with Crippen LogP contribution < -0.4 is 0 Å². The van der Waals surface area contributed by atoms with Gasteiger partial charge in [0, 0.05) is 35.8 Å². The normalized spacial score (nSPS) is 17.9. The number of likely N-dealkylation sites (N-methyl/N-ethyl adjacent to an activating group) is 1. The van der Waals surface area contributed by atoms with Gasteiger partial charge in [0.2, 0.25) is 0 Å². The number of hydrogen-bond donors (Lipinski definition) is 1. The molecule has 0 radical (unpaired) electrons. The minimum atomic E-state index is -0.943. The minimum absolute atomic E-state index is 0.0997. The lowest BCUT2D eigenvalue weighted by molar-refractivity contribution is -0.384. The zero-order valence-electron chi connectivity index (χ0n) is 17.8. The third kappa shape index (κ3) is 4.66. The lowest BCUT2D eigenvalue weighted by Gasteiger charge is -2.28. The van der Waals surface area contributed by atoms with E-state index in [-0.39, 0.29) is 23.6 Å². The van der Waals surface area contributed by atoms with Crippen molar-refractivity contribution < 1.29 is 19.6 Å². The number of ketones is 1. The van der Waals surface area contributed by atoms with Gasteiger partial charge in [-0.2, -0.15) is 0 Å². The molecule has 1 fully saturated rings. The van der Waals surface area contributed by atoms with Gasteiger partial charge in [-0.1, -0.05) is 37.6 Å². The molecule has 0 aliphatic carbocycles. The van der Waals surface area contributed by atoms with Crippen LogP contribution >= 0.6 is 11.6 Å². The predicted molar refractivity (Wildman–Crippen MR) is 121 cm³/mol. The number of aliphatic hydroxyl groups excluding tert-OH is 1. The quantitative estimate of drug-likeness (QED) is 0.211. The number of carbonyl (C=O) groups excluding carboxylic acids is 2. The van der Waals surface area contributed by atoms with E-state index in [2.05, 4.69) is 4.90 Å². The Kier molecular flexibility index (Phi) is 7.27. The molecule has 32 heavy (non-hydrogen) atoms. The molecule has 1 aliphatic rings. The van der Waals surface area contributed by atoms with Gasteiger partial charge in [-0.05, 0) is 42.9 Å². The van der Waals surface area contributed by atoms with Gasteiger partial charge in [0.25, 0.3) is 17.4 Å². The molecule has 2 aromatic rings. The molecule has 3 rings (SSSR count). The van der Waals surface area contributed by atoms with E-state index in [1.54, 1.807) is 30.3 Å². The van der Waals surface area contributed by atoms with Crippen molar-refractivity contribution in [1.29, 1.82) is 0 Å². The number of likely N-dealkylation sites (tertiary alicyclic amines) is 1. The first-order chi connectivity index (χ1) is 15.3. The van der Waals surface area contributed by atoms with Gasteiger partial charge in [-0.3, -0.25) is 19.7 Å². The number of Topliss-reactive ketones (excluding diaryl/α,β-unsaturated/α-hetero) is 1. The smallest absolute Gasteiger partial charge is 0.295 e. The summed E-state index contributed by atoms with van der Waals surface area (Å²) in [5.41, 5.74) is 0.445. The van der Waals surface area contributed by atoms with Crippen molar-refractivity contribution in [3.05, 3.63) is 80.4 Å². The van der Waals surface area contributed by atoms with E-state index in [0.717, 1.165) is 13.1 Å². The molecule has 8 nitrogen and oxygen atoms in total. The van der Waals surface area contributed by atoms with Crippen LogP contribution in [-0.2, 0) is 9.59 Å². The summed E-state index contributed by atoms with van der Waals surface area (Å²) in [6, 6.07) is 11.1. The van der Waals surface area contributed by atoms with Gasteiger partial charge in [-0.15, -0.1) is 0 Å². The molecular formula is C23H24ClN3O5. The molecule has 1 amide bonds. The molecular weight excluding hydrogens is 434 g/mol. The SMILES string of the molecule is CCN(CC)CCN1C(=O)C(=O)/C(=C(/O)c2ccc(Cl)cc2)C1c1cccc([N+](=O)[O-])c1. The van der Waals surface area contributed by atoms with Crippen LogP contribution in [0.3, 0.4) is 0 Å². The van der Waals surface area contributed by atoms with Crippen molar-refractivity contribution in [3.63, 3.8) is 0 Å². The number of halogens is 1. The molecule has 1 unspecified atom stereocenters. The number of carbonyl (C=O) groups is 2. The highest BCUT2D eigenvalue weighted by Gasteiger charge is 2.46. The van der Waals surface area contributed by atoms with Crippen LogP contribution in [0.25, 0.3) is 5.76 Å². The Morgan fingerprint density at radius 1 is 1.16 bits per heavy atom. The Morgan fingerprint density at radius 2 is 1.81 bits per heavy atom. The van der Waals surface area contributed by atoms with Gasteiger partial charge in [0.15, 0.2) is 0 Å². The summed E-state index contributed by atoms with van der Waals surface area (Å²) < 4.78 is 0. The first-order valence-corrected chi connectivity index (χ1v) is 10.7. The molecule has 0 aromatic heterocycles. The number of nitrogens with zero attached hydrogens (tertiary/aromatic N) is 3. The molecule has 1 saturated heterocycles. The summed E-state index contributed by atoms with van der Waals surface area (Å²) in [4.78, 5) is 40.2. The second kappa shape index (κ2) is 9.93. The molecule has 1 aliphatic heterocycles. The second-order valence-electron chi connectivity index (χ2n) is 7.38. The molecule has 1 heterocycles. The van der Waals surface area contributed by atoms with E-state index in [9.17, 15) is 24.8 Å². The van der Waals surface area contributed by atoms with Crippen molar-refractivity contribution in [2.24, 2.45) is 0 Å². The molecule has 0 saturated carbocycles. The Morgan fingerprint density at radius 3 is 2.41 bits per heavy atom. The summed E-state index contributed by atoms with van der Waals surface area (Å²) in [7, 11) is 0. The van der Waals surface area contributed by atoms with Crippen LogP contribution in [-0.4, -0.2) is 57.7 Å². The average Bonchev–Trinajstić information content (AvgIpc) is 3.04. The highest BCUT2D eigenvalue weighted by atomic mass is 35.5. The second-order valence-corrected chi connectivity index (χ2v) is 7.81. The van der Waals surface area contributed by atoms with Gasteiger partial charge >= 0.3 is 0 Å². The molecule has 9 heteroatoms. The fourth-order valence-corrected chi connectivity index (χ4v) is 3.94. The Labute approximate surface area is 190 Å². The third-order valence-electron chi connectivity index (χ3n) is 5.61. The number of nitro benzene ring substituents is 1. The van der Waals surface area contributed by atoms with Crippen molar-refractivity contribution in [1.82, 2.24) is 9.80 Å². The van der Waals surface area contributed by atoms with Gasteiger partial charge in [0.1, 0.15) is 5.76 Å². The van der Waals surface area contributed by atoms with Gasteiger partial charge in [0.05, 0.1) is 16.5 Å². The maximum Gasteiger partial charge on any atom is 0.295 e. The Balaban J connectivity index is 2.13. The first-order valence-electron chi connectivity index (χ1n) is 10.3. The van der Waals surface area contributed by atoms with Crippen molar-refractivity contribution in [2.45, 2.75) is 19.9 Å². The molecule has 1 atom stereocenters. The number of benzene rings is 2.